The molecule has 2 aliphatic rings. The van der Waals surface area contributed by atoms with E-state index < -0.39 is 0 Å². The van der Waals surface area contributed by atoms with Gasteiger partial charge >= 0.3 is 0 Å². The lowest BCUT2D eigenvalue weighted by molar-refractivity contribution is -0.0492. The summed E-state index contributed by atoms with van der Waals surface area (Å²) < 4.78 is 29.7. The molecule has 0 amide bonds. The highest BCUT2D eigenvalue weighted by Crippen LogP contribution is 2.19. The summed E-state index contributed by atoms with van der Waals surface area (Å²) in [5, 5.41) is 1.27. The normalized spacial score (nSPS) is 18.4. The first kappa shape index (κ1) is 21.4. The highest BCUT2D eigenvalue weighted by Gasteiger charge is 2.19. The maximum atomic E-state index is 13.6. The molecule has 0 spiro atoms. The molecule has 1 aliphatic heterocycles. The van der Waals surface area contributed by atoms with Crippen molar-refractivity contribution in [1.82, 2.24) is 4.57 Å². The second kappa shape index (κ2) is 9.51. The predicted molar refractivity (Wildman–Crippen MR) is 117 cm³/mol. The van der Waals surface area contributed by atoms with Crippen LogP contribution in [0.25, 0.3) is 23.0 Å². The molecular weight excluding hydrogens is 398 g/mol. The van der Waals surface area contributed by atoms with Crippen LogP contribution in [0.5, 0.6) is 5.75 Å². The fraction of sp³-hybridized carbons (Fsp3) is 0.375. The molecular formula is C24H27NO6. The van der Waals surface area contributed by atoms with E-state index in [0.29, 0.717) is 42.7 Å². The first-order valence-electron chi connectivity index (χ1n) is 10.3. The number of ether oxygens (including phenoxy) is 5. The number of hydrogen-bond acceptors (Lipinski definition) is 6. The van der Waals surface area contributed by atoms with Gasteiger partial charge in [0.25, 0.3) is 0 Å². The summed E-state index contributed by atoms with van der Waals surface area (Å²) in [5.41, 5.74) is 1.30. The number of benzene rings is 1. The maximum absolute atomic E-state index is 13.6. The molecule has 7 heteroatoms. The van der Waals surface area contributed by atoms with E-state index in [9.17, 15) is 4.79 Å². The van der Waals surface area contributed by atoms with Crippen molar-refractivity contribution in [3.63, 3.8) is 0 Å². The number of aromatic nitrogens is 1. The molecule has 2 aromatic rings. The molecule has 1 saturated heterocycles. The van der Waals surface area contributed by atoms with Gasteiger partial charge in [0, 0.05) is 31.8 Å². The number of fused-ring (bicyclic) bond motifs is 1. The zero-order valence-corrected chi connectivity index (χ0v) is 18.0. The molecule has 164 valence electrons. The molecule has 0 N–H and O–H groups in total. The minimum atomic E-state index is -0.275. The summed E-state index contributed by atoms with van der Waals surface area (Å²) in [5.74, 6) is 1.24. The highest BCUT2D eigenvalue weighted by atomic mass is 16.7. The molecule has 1 aromatic carbocycles. The first-order valence-corrected chi connectivity index (χ1v) is 10.3. The van der Waals surface area contributed by atoms with E-state index in [4.69, 9.17) is 23.7 Å². The van der Waals surface area contributed by atoms with Crippen LogP contribution in [0.2, 0.25) is 0 Å². The molecule has 4 rings (SSSR count). The first-order chi connectivity index (χ1) is 15.1. The Kier molecular flexibility index (Phi) is 6.56. The van der Waals surface area contributed by atoms with Gasteiger partial charge in [0.1, 0.15) is 11.5 Å². The van der Waals surface area contributed by atoms with E-state index in [1.807, 2.05) is 42.6 Å². The number of methoxy groups -OCH3 is 3. The van der Waals surface area contributed by atoms with Crippen molar-refractivity contribution >= 4 is 11.8 Å². The van der Waals surface area contributed by atoms with Gasteiger partial charge in [-0.1, -0.05) is 12.1 Å². The minimum Gasteiger partial charge on any atom is -0.497 e. The van der Waals surface area contributed by atoms with E-state index in [0.717, 1.165) is 16.7 Å². The number of nitrogens with zero attached hydrogens (tertiary/aromatic N) is 1. The molecule has 1 aromatic heterocycles. The second-order valence-corrected chi connectivity index (χ2v) is 7.31. The van der Waals surface area contributed by atoms with Crippen LogP contribution < -0.4 is 20.7 Å². The lowest BCUT2D eigenvalue weighted by Crippen LogP contribution is -2.48. The van der Waals surface area contributed by atoms with Crippen molar-refractivity contribution in [2.75, 3.05) is 34.5 Å². The largest absolute Gasteiger partial charge is 0.497 e. The van der Waals surface area contributed by atoms with Gasteiger partial charge in [-0.2, -0.15) is 0 Å². The van der Waals surface area contributed by atoms with E-state index in [-0.39, 0.29) is 17.8 Å². The summed E-state index contributed by atoms with van der Waals surface area (Å²) >= 11 is 0. The van der Waals surface area contributed by atoms with Crippen molar-refractivity contribution in [2.45, 2.75) is 25.4 Å². The van der Waals surface area contributed by atoms with Crippen molar-refractivity contribution < 1.29 is 23.7 Å². The van der Waals surface area contributed by atoms with Gasteiger partial charge in [0.2, 0.25) is 5.43 Å². The Bertz CT molecular complexity index is 1130. The molecule has 0 saturated carbocycles. The fourth-order valence-electron chi connectivity index (χ4n) is 3.87. The minimum absolute atomic E-state index is 0.0979. The summed E-state index contributed by atoms with van der Waals surface area (Å²) in [7, 11) is 4.82. The Labute approximate surface area is 180 Å². The van der Waals surface area contributed by atoms with Crippen molar-refractivity contribution in [3.8, 4) is 16.9 Å². The number of pyridine rings is 1. The van der Waals surface area contributed by atoms with Gasteiger partial charge in [0.15, 0.2) is 6.29 Å². The van der Waals surface area contributed by atoms with Crippen LogP contribution in [0.3, 0.4) is 0 Å². The molecule has 1 fully saturated rings. The number of rotatable bonds is 7. The Balaban J connectivity index is 1.92. The highest BCUT2D eigenvalue weighted by molar-refractivity contribution is 5.65. The number of hydrogen-bond donors (Lipinski definition) is 0. The van der Waals surface area contributed by atoms with E-state index in [1.54, 1.807) is 27.4 Å². The number of aryl methyl sites for hydroxylation is 1. The summed E-state index contributed by atoms with van der Waals surface area (Å²) in [6.45, 7) is 1.82. The van der Waals surface area contributed by atoms with Crippen LogP contribution in [0.1, 0.15) is 6.42 Å². The molecule has 31 heavy (non-hydrogen) atoms. The molecule has 1 atom stereocenters. The zero-order chi connectivity index (χ0) is 21.8. The average Bonchev–Trinajstić information content (AvgIpc) is 3.25. The quantitative estimate of drug-likeness (QED) is 0.668. The third-order valence-electron chi connectivity index (χ3n) is 5.52. The van der Waals surface area contributed by atoms with Gasteiger partial charge in [-0.15, -0.1) is 0 Å². The average molecular weight is 425 g/mol. The van der Waals surface area contributed by atoms with Crippen molar-refractivity contribution in [1.29, 1.82) is 0 Å². The van der Waals surface area contributed by atoms with Crippen LogP contribution in [0.4, 0.5) is 0 Å². The van der Waals surface area contributed by atoms with E-state index in [1.165, 1.54) is 0 Å². The Hall–Kier alpha value is -2.87. The second-order valence-electron chi connectivity index (χ2n) is 7.31. The zero-order valence-electron chi connectivity index (χ0n) is 18.0. The Morgan fingerprint density at radius 1 is 1.06 bits per heavy atom. The lowest BCUT2D eigenvalue weighted by atomic mass is 10.1. The molecule has 1 aliphatic carbocycles. The van der Waals surface area contributed by atoms with Crippen LogP contribution in [0.15, 0.2) is 47.4 Å². The van der Waals surface area contributed by atoms with E-state index in [2.05, 4.69) is 4.57 Å². The Morgan fingerprint density at radius 3 is 2.45 bits per heavy atom. The van der Waals surface area contributed by atoms with Gasteiger partial charge < -0.3 is 28.3 Å². The van der Waals surface area contributed by atoms with Crippen LogP contribution in [-0.2, 0) is 25.5 Å². The maximum Gasteiger partial charge on any atom is 0.200 e. The smallest absolute Gasteiger partial charge is 0.200 e. The fourth-order valence-corrected chi connectivity index (χ4v) is 3.87. The standard InChI is InChI=1S/C24H27NO6/c1-27-17-6-4-16(5-7-17)19-15-25(11-10-22-30-12-13-31-22)20-14-18(28-2)8-9-21(29-3)23(20)24(19)26/h4-9,14-15,18,22H,10-13H2,1-3H3. The molecule has 0 bridgehead atoms. The van der Waals surface area contributed by atoms with Crippen LogP contribution >= 0.6 is 0 Å². The third kappa shape index (κ3) is 4.44. The predicted octanol–water partition coefficient (Wildman–Crippen LogP) is 1.41. The third-order valence-corrected chi connectivity index (χ3v) is 5.52. The van der Waals surface area contributed by atoms with Crippen molar-refractivity contribution in [3.05, 3.63) is 63.4 Å². The van der Waals surface area contributed by atoms with E-state index >= 15 is 0 Å². The van der Waals surface area contributed by atoms with Gasteiger partial charge in [-0.25, -0.2) is 0 Å². The summed E-state index contributed by atoms with van der Waals surface area (Å²) in [6, 6.07) is 7.46. The molecule has 1 unspecified atom stereocenters. The van der Waals surface area contributed by atoms with Crippen LogP contribution in [0, 0.1) is 0 Å². The summed E-state index contributed by atoms with van der Waals surface area (Å²) in [4.78, 5) is 13.6. The molecule has 7 nitrogen and oxygen atoms in total. The lowest BCUT2D eigenvalue weighted by Gasteiger charge is -2.15. The Morgan fingerprint density at radius 2 is 1.81 bits per heavy atom. The van der Waals surface area contributed by atoms with Gasteiger partial charge in [-0.3, -0.25) is 4.79 Å². The van der Waals surface area contributed by atoms with Crippen molar-refractivity contribution in [2.24, 2.45) is 0 Å². The summed E-state index contributed by atoms with van der Waals surface area (Å²) in [6.07, 6.45) is 7.64. The molecule has 2 heterocycles. The molecule has 0 radical (unpaired) electrons. The van der Waals surface area contributed by atoms with Gasteiger partial charge in [0.05, 0.1) is 44.1 Å². The van der Waals surface area contributed by atoms with Gasteiger partial charge in [-0.05, 0) is 35.9 Å². The SMILES string of the molecule is COC1=c2c(=O)c(-c3ccc(OC)cc3)cn(CCC3OCCO3)c2=CC(OC)C=C1. The topological polar surface area (TPSA) is 68.2 Å². The van der Waals surface area contributed by atoms with Crippen LogP contribution in [-0.4, -0.2) is 51.5 Å². The monoisotopic (exact) mass is 425 g/mol.